The van der Waals surface area contributed by atoms with Gasteiger partial charge >= 0.3 is 0 Å². The van der Waals surface area contributed by atoms with Crippen LogP contribution in [0.1, 0.15) is 23.0 Å². The Kier molecular flexibility index (Phi) is 4.45. The van der Waals surface area contributed by atoms with E-state index in [1.807, 2.05) is 33.2 Å². The first kappa shape index (κ1) is 14.2. The summed E-state index contributed by atoms with van der Waals surface area (Å²) in [6.45, 7) is 3.20. The molecule has 0 bridgehead atoms. The van der Waals surface area contributed by atoms with Crippen molar-refractivity contribution in [3.05, 3.63) is 54.0 Å². The fourth-order valence-corrected chi connectivity index (χ4v) is 2.00. The van der Waals surface area contributed by atoms with Crippen molar-refractivity contribution in [1.29, 1.82) is 0 Å². The Morgan fingerprint density at radius 2 is 1.85 bits per heavy atom. The lowest BCUT2D eigenvalue weighted by atomic mass is 10.2. The van der Waals surface area contributed by atoms with Crippen molar-refractivity contribution < 1.29 is 9.21 Å². The van der Waals surface area contributed by atoms with Gasteiger partial charge in [-0.05, 0) is 36.8 Å². The highest BCUT2D eigenvalue weighted by Crippen LogP contribution is 2.15. The minimum atomic E-state index is -0.0748. The van der Waals surface area contributed by atoms with Crippen molar-refractivity contribution in [2.45, 2.75) is 13.5 Å². The molecule has 0 fully saturated rings. The van der Waals surface area contributed by atoms with Gasteiger partial charge in [-0.2, -0.15) is 0 Å². The van der Waals surface area contributed by atoms with E-state index >= 15 is 0 Å². The van der Waals surface area contributed by atoms with Crippen LogP contribution in [0.2, 0.25) is 0 Å². The Morgan fingerprint density at radius 1 is 1.15 bits per heavy atom. The van der Waals surface area contributed by atoms with E-state index in [0.29, 0.717) is 18.8 Å². The molecule has 0 aliphatic heterocycles. The zero-order valence-electron chi connectivity index (χ0n) is 12.2. The van der Waals surface area contributed by atoms with Gasteiger partial charge in [0.15, 0.2) is 5.76 Å². The van der Waals surface area contributed by atoms with Gasteiger partial charge in [0.25, 0.3) is 5.91 Å². The van der Waals surface area contributed by atoms with Crippen LogP contribution in [0.5, 0.6) is 0 Å². The molecule has 4 heteroatoms. The summed E-state index contributed by atoms with van der Waals surface area (Å²) in [5.74, 6) is 0.311. The molecule has 2 rings (SSSR count). The number of amides is 1. The number of rotatable bonds is 5. The van der Waals surface area contributed by atoms with Gasteiger partial charge in [-0.3, -0.25) is 4.79 Å². The molecule has 1 aromatic heterocycles. The molecule has 2 aromatic rings. The van der Waals surface area contributed by atoms with E-state index in [2.05, 4.69) is 17.0 Å². The fraction of sp³-hybridized carbons (Fsp3) is 0.312. The number of hydrogen-bond donors (Lipinski definition) is 0. The standard InChI is InChI=1S/C16H20N2O2/c1-4-18(16(19)15-6-5-11-20-15)12-13-7-9-14(10-8-13)17(2)3/h5-11H,4,12H2,1-3H3. The summed E-state index contributed by atoms with van der Waals surface area (Å²) in [6, 6.07) is 11.6. The summed E-state index contributed by atoms with van der Waals surface area (Å²) in [5, 5.41) is 0. The molecule has 1 aromatic carbocycles. The lowest BCUT2D eigenvalue weighted by Crippen LogP contribution is -2.30. The maximum Gasteiger partial charge on any atom is 0.289 e. The zero-order chi connectivity index (χ0) is 14.5. The van der Waals surface area contributed by atoms with Crippen molar-refractivity contribution in [2.75, 3.05) is 25.5 Å². The Morgan fingerprint density at radius 3 is 2.35 bits per heavy atom. The second-order valence-corrected chi connectivity index (χ2v) is 4.86. The molecule has 1 amide bonds. The van der Waals surface area contributed by atoms with E-state index in [0.717, 1.165) is 11.3 Å². The van der Waals surface area contributed by atoms with Crippen molar-refractivity contribution in [3.8, 4) is 0 Å². The van der Waals surface area contributed by atoms with E-state index < -0.39 is 0 Å². The first-order chi connectivity index (χ1) is 9.61. The van der Waals surface area contributed by atoms with Crippen molar-refractivity contribution in [3.63, 3.8) is 0 Å². The zero-order valence-corrected chi connectivity index (χ0v) is 12.2. The van der Waals surface area contributed by atoms with Gasteiger partial charge in [0.2, 0.25) is 0 Å². The predicted molar refractivity (Wildman–Crippen MR) is 79.9 cm³/mol. The van der Waals surface area contributed by atoms with Crippen molar-refractivity contribution >= 4 is 11.6 Å². The Labute approximate surface area is 119 Å². The summed E-state index contributed by atoms with van der Waals surface area (Å²) in [4.78, 5) is 16.1. The second-order valence-electron chi connectivity index (χ2n) is 4.86. The maximum atomic E-state index is 12.2. The van der Waals surface area contributed by atoms with Gasteiger partial charge in [-0.15, -0.1) is 0 Å². The number of carbonyl (C=O) groups is 1. The molecular formula is C16H20N2O2. The number of anilines is 1. The average molecular weight is 272 g/mol. The number of nitrogens with zero attached hydrogens (tertiary/aromatic N) is 2. The smallest absolute Gasteiger partial charge is 0.289 e. The van der Waals surface area contributed by atoms with Crippen LogP contribution in [-0.2, 0) is 6.54 Å². The Hall–Kier alpha value is -2.23. The number of furan rings is 1. The van der Waals surface area contributed by atoms with Crippen molar-refractivity contribution in [1.82, 2.24) is 4.90 Å². The molecule has 106 valence electrons. The summed E-state index contributed by atoms with van der Waals surface area (Å²) in [5.41, 5.74) is 2.26. The average Bonchev–Trinajstić information content (AvgIpc) is 2.98. The van der Waals surface area contributed by atoms with Crippen LogP contribution in [0.15, 0.2) is 47.1 Å². The van der Waals surface area contributed by atoms with E-state index in [9.17, 15) is 4.79 Å². The summed E-state index contributed by atoms with van der Waals surface area (Å²) in [7, 11) is 4.02. The molecule has 0 spiro atoms. The van der Waals surface area contributed by atoms with E-state index in [1.165, 1.54) is 6.26 Å². The van der Waals surface area contributed by atoms with Crippen LogP contribution in [0.25, 0.3) is 0 Å². The van der Waals surface area contributed by atoms with Crippen LogP contribution in [0.4, 0.5) is 5.69 Å². The molecule has 20 heavy (non-hydrogen) atoms. The molecule has 0 saturated heterocycles. The normalized spacial score (nSPS) is 10.3. The number of carbonyl (C=O) groups excluding carboxylic acids is 1. The molecule has 0 unspecified atom stereocenters. The van der Waals surface area contributed by atoms with Crippen LogP contribution >= 0.6 is 0 Å². The number of hydrogen-bond acceptors (Lipinski definition) is 3. The van der Waals surface area contributed by atoms with Gasteiger partial charge in [-0.1, -0.05) is 12.1 Å². The Bertz CT molecular complexity index is 544. The van der Waals surface area contributed by atoms with E-state index in [4.69, 9.17) is 4.42 Å². The third kappa shape index (κ3) is 3.20. The molecule has 0 radical (unpaired) electrons. The maximum absolute atomic E-state index is 12.2. The molecule has 4 nitrogen and oxygen atoms in total. The largest absolute Gasteiger partial charge is 0.459 e. The van der Waals surface area contributed by atoms with Crippen LogP contribution < -0.4 is 4.90 Å². The summed E-state index contributed by atoms with van der Waals surface area (Å²) >= 11 is 0. The highest BCUT2D eigenvalue weighted by Gasteiger charge is 2.16. The van der Waals surface area contributed by atoms with Gasteiger partial charge in [0.05, 0.1) is 6.26 Å². The molecule has 0 aliphatic rings. The molecule has 0 atom stereocenters. The van der Waals surface area contributed by atoms with Gasteiger partial charge in [0.1, 0.15) is 0 Å². The lowest BCUT2D eigenvalue weighted by molar-refractivity contribution is 0.0720. The highest BCUT2D eigenvalue weighted by molar-refractivity contribution is 5.91. The topological polar surface area (TPSA) is 36.7 Å². The highest BCUT2D eigenvalue weighted by atomic mass is 16.3. The molecule has 0 aliphatic carbocycles. The molecule has 0 saturated carbocycles. The van der Waals surface area contributed by atoms with Crippen LogP contribution in [0.3, 0.4) is 0 Å². The van der Waals surface area contributed by atoms with E-state index in [-0.39, 0.29) is 5.91 Å². The minimum absolute atomic E-state index is 0.0748. The first-order valence-corrected chi connectivity index (χ1v) is 6.71. The van der Waals surface area contributed by atoms with Crippen LogP contribution in [0, 0.1) is 0 Å². The summed E-state index contributed by atoms with van der Waals surface area (Å²) < 4.78 is 5.17. The molecule has 0 N–H and O–H groups in total. The van der Waals surface area contributed by atoms with Gasteiger partial charge < -0.3 is 14.2 Å². The van der Waals surface area contributed by atoms with Gasteiger partial charge in [0, 0.05) is 32.9 Å². The van der Waals surface area contributed by atoms with Gasteiger partial charge in [-0.25, -0.2) is 0 Å². The first-order valence-electron chi connectivity index (χ1n) is 6.71. The third-order valence-electron chi connectivity index (χ3n) is 3.23. The Balaban J connectivity index is 2.08. The summed E-state index contributed by atoms with van der Waals surface area (Å²) in [6.07, 6.45) is 1.52. The van der Waals surface area contributed by atoms with Crippen LogP contribution in [-0.4, -0.2) is 31.4 Å². The third-order valence-corrected chi connectivity index (χ3v) is 3.23. The monoisotopic (exact) mass is 272 g/mol. The number of benzene rings is 1. The quantitative estimate of drug-likeness (QED) is 0.839. The minimum Gasteiger partial charge on any atom is -0.459 e. The van der Waals surface area contributed by atoms with Crippen molar-refractivity contribution in [2.24, 2.45) is 0 Å². The fourth-order valence-electron chi connectivity index (χ4n) is 2.00. The SMILES string of the molecule is CCN(Cc1ccc(N(C)C)cc1)C(=O)c1ccco1. The predicted octanol–water partition coefficient (Wildman–Crippen LogP) is 3.01. The molecular weight excluding hydrogens is 252 g/mol. The second kappa shape index (κ2) is 6.28. The molecule has 1 heterocycles. The lowest BCUT2D eigenvalue weighted by Gasteiger charge is -2.20. The van der Waals surface area contributed by atoms with E-state index in [1.54, 1.807) is 17.0 Å².